The highest BCUT2D eigenvalue weighted by atomic mass is 16.5. The monoisotopic (exact) mass is 174 g/mol. The van der Waals surface area contributed by atoms with E-state index in [1.54, 1.807) is 7.11 Å². The van der Waals surface area contributed by atoms with Crippen LogP contribution in [0.1, 0.15) is 40.5 Å². The summed E-state index contributed by atoms with van der Waals surface area (Å²) >= 11 is 0. The smallest absolute Gasteiger partial charge is 0.0697 e. The molecule has 1 aliphatic heterocycles. The van der Waals surface area contributed by atoms with Crippen LogP contribution in [0.3, 0.4) is 0 Å². The zero-order chi connectivity index (χ0) is 9.61. The van der Waals surface area contributed by atoms with Crippen molar-refractivity contribution in [3.63, 3.8) is 0 Å². The first-order valence-electron chi connectivity index (χ1n) is 4.83. The van der Waals surface area contributed by atoms with E-state index < -0.39 is 0 Å². The lowest BCUT2D eigenvalue weighted by Gasteiger charge is -2.35. The zero-order valence-corrected chi connectivity index (χ0v) is 9.02. The lowest BCUT2D eigenvalue weighted by molar-refractivity contribution is -0.107. The van der Waals surface area contributed by atoms with Gasteiger partial charge in [0.05, 0.1) is 11.7 Å². The summed E-state index contributed by atoms with van der Waals surface area (Å²) in [7, 11) is 1.78. The Balaban J connectivity index is 0.000000561. The first-order chi connectivity index (χ1) is 5.66. The van der Waals surface area contributed by atoms with Gasteiger partial charge in [0, 0.05) is 20.1 Å². The van der Waals surface area contributed by atoms with E-state index in [9.17, 15) is 0 Å². The molecule has 0 aromatic rings. The number of hydrogen-bond donors (Lipinski definition) is 0. The molecular weight excluding hydrogens is 152 g/mol. The van der Waals surface area contributed by atoms with Crippen molar-refractivity contribution in [2.75, 3.05) is 13.7 Å². The Morgan fingerprint density at radius 3 is 2.33 bits per heavy atom. The number of hydrogen-bond acceptors (Lipinski definition) is 2. The van der Waals surface area contributed by atoms with Gasteiger partial charge < -0.3 is 9.47 Å². The second-order valence-electron chi connectivity index (χ2n) is 3.29. The second kappa shape index (κ2) is 5.55. The standard InChI is InChI=1S/C8H16O2.C2H6/c1-7-6-8(2,9-3)4-5-10-7;1-2/h7H,4-6H2,1-3H3;1-2H3/t7?,8-;/m1./s1. The minimum atomic E-state index is 0.0671. The van der Waals surface area contributed by atoms with Gasteiger partial charge in [0.25, 0.3) is 0 Å². The molecule has 1 unspecified atom stereocenters. The highest BCUT2D eigenvalue weighted by Gasteiger charge is 2.30. The second-order valence-corrected chi connectivity index (χ2v) is 3.29. The van der Waals surface area contributed by atoms with E-state index in [0.29, 0.717) is 6.10 Å². The third-order valence-electron chi connectivity index (χ3n) is 2.25. The SMILES string of the molecule is CC.CO[C@]1(C)CCOC(C)C1. The van der Waals surface area contributed by atoms with Gasteiger partial charge in [-0.3, -0.25) is 0 Å². The summed E-state index contributed by atoms with van der Waals surface area (Å²) in [5.74, 6) is 0. The van der Waals surface area contributed by atoms with Crippen molar-refractivity contribution in [3.05, 3.63) is 0 Å². The highest BCUT2D eigenvalue weighted by Crippen LogP contribution is 2.26. The summed E-state index contributed by atoms with van der Waals surface area (Å²) < 4.78 is 10.8. The maximum absolute atomic E-state index is 5.40. The summed E-state index contributed by atoms with van der Waals surface area (Å²) in [6, 6.07) is 0. The molecule has 12 heavy (non-hydrogen) atoms. The van der Waals surface area contributed by atoms with E-state index in [1.165, 1.54) is 0 Å². The van der Waals surface area contributed by atoms with Crippen molar-refractivity contribution < 1.29 is 9.47 Å². The molecule has 0 N–H and O–H groups in total. The molecule has 2 heteroatoms. The number of rotatable bonds is 1. The fourth-order valence-corrected chi connectivity index (χ4v) is 1.43. The Kier molecular flexibility index (Phi) is 5.51. The quantitative estimate of drug-likeness (QED) is 0.608. The summed E-state index contributed by atoms with van der Waals surface area (Å²) in [5.41, 5.74) is 0.0671. The van der Waals surface area contributed by atoms with Crippen LogP contribution in [-0.2, 0) is 9.47 Å². The molecule has 2 nitrogen and oxygen atoms in total. The normalized spacial score (nSPS) is 35.2. The van der Waals surface area contributed by atoms with Gasteiger partial charge >= 0.3 is 0 Å². The largest absolute Gasteiger partial charge is 0.378 e. The van der Waals surface area contributed by atoms with Crippen molar-refractivity contribution in [3.8, 4) is 0 Å². The minimum absolute atomic E-state index is 0.0671. The van der Waals surface area contributed by atoms with Crippen LogP contribution in [0, 0.1) is 0 Å². The van der Waals surface area contributed by atoms with Crippen molar-refractivity contribution in [1.82, 2.24) is 0 Å². The molecule has 0 aromatic heterocycles. The molecule has 0 aromatic carbocycles. The summed E-state index contributed by atoms with van der Waals surface area (Å²) in [6.45, 7) is 9.08. The predicted octanol–water partition coefficient (Wildman–Crippen LogP) is 2.62. The average Bonchev–Trinajstić information content (AvgIpc) is 2.08. The van der Waals surface area contributed by atoms with Gasteiger partial charge in [0.1, 0.15) is 0 Å². The highest BCUT2D eigenvalue weighted by molar-refractivity contribution is 4.80. The topological polar surface area (TPSA) is 18.5 Å². The molecule has 1 heterocycles. The maximum Gasteiger partial charge on any atom is 0.0697 e. The van der Waals surface area contributed by atoms with Gasteiger partial charge in [-0.25, -0.2) is 0 Å². The van der Waals surface area contributed by atoms with Crippen LogP contribution in [-0.4, -0.2) is 25.4 Å². The summed E-state index contributed by atoms with van der Waals surface area (Å²) in [6.07, 6.45) is 2.40. The fourth-order valence-electron chi connectivity index (χ4n) is 1.43. The average molecular weight is 174 g/mol. The predicted molar refractivity (Wildman–Crippen MR) is 51.4 cm³/mol. The first-order valence-corrected chi connectivity index (χ1v) is 4.83. The van der Waals surface area contributed by atoms with Crippen LogP contribution in [0.2, 0.25) is 0 Å². The molecule has 2 atom stereocenters. The van der Waals surface area contributed by atoms with E-state index >= 15 is 0 Å². The molecule has 0 aliphatic carbocycles. The fraction of sp³-hybridized carbons (Fsp3) is 1.00. The number of ether oxygens (including phenoxy) is 2. The Bertz CT molecular complexity index is 114. The third-order valence-corrected chi connectivity index (χ3v) is 2.25. The molecule has 1 aliphatic rings. The van der Waals surface area contributed by atoms with E-state index in [-0.39, 0.29) is 5.60 Å². The van der Waals surface area contributed by atoms with Crippen LogP contribution in [0.15, 0.2) is 0 Å². The Hall–Kier alpha value is -0.0800. The van der Waals surface area contributed by atoms with Gasteiger partial charge in [-0.2, -0.15) is 0 Å². The van der Waals surface area contributed by atoms with Gasteiger partial charge in [-0.15, -0.1) is 0 Å². The molecule has 74 valence electrons. The van der Waals surface area contributed by atoms with E-state index in [2.05, 4.69) is 13.8 Å². The van der Waals surface area contributed by atoms with E-state index in [0.717, 1.165) is 19.4 Å². The molecular formula is C10H22O2. The van der Waals surface area contributed by atoms with E-state index in [1.807, 2.05) is 13.8 Å². The molecule has 0 spiro atoms. The van der Waals surface area contributed by atoms with Crippen molar-refractivity contribution in [2.45, 2.75) is 52.2 Å². The Labute approximate surface area is 76.3 Å². The van der Waals surface area contributed by atoms with Crippen molar-refractivity contribution in [1.29, 1.82) is 0 Å². The zero-order valence-electron chi connectivity index (χ0n) is 9.02. The maximum atomic E-state index is 5.40. The molecule has 1 saturated heterocycles. The van der Waals surface area contributed by atoms with E-state index in [4.69, 9.17) is 9.47 Å². The van der Waals surface area contributed by atoms with Gasteiger partial charge in [0.15, 0.2) is 0 Å². The lowest BCUT2D eigenvalue weighted by Crippen LogP contribution is -2.38. The van der Waals surface area contributed by atoms with Gasteiger partial charge in [0.2, 0.25) is 0 Å². The third kappa shape index (κ3) is 3.55. The van der Waals surface area contributed by atoms with Crippen LogP contribution < -0.4 is 0 Å². The molecule has 1 rings (SSSR count). The van der Waals surface area contributed by atoms with Crippen molar-refractivity contribution in [2.24, 2.45) is 0 Å². The van der Waals surface area contributed by atoms with Gasteiger partial charge in [-0.05, 0) is 20.3 Å². The van der Waals surface area contributed by atoms with Crippen LogP contribution in [0.5, 0.6) is 0 Å². The summed E-state index contributed by atoms with van der Waals surface area (Å²) in [5, 5.41) is 0. The van der Waals surface area contributed by atoms with Crippen LogP contribution >= 0.6 is 0 Å². The van der Waals surface area contributed by atoms with Crippen molar-refractivity contribution >= 4 is 0 Å². The molecule has 0 bridgehead atoms. The minimum Gasteiger partial charge on any atom is -0.378 e. The molecule has 1 fully saturated rings. The molecule has 0 amide bonds. The molecule has 0 radical (unpaired) electrons. The Morgan fingerprint density at radius 1 is 1.42 bits per heavy atom. The van der Waals surface area contributed by atoms with Gasteiger partial charge in [-0.1, -0.05) is 13.8 Å². The summed E-state index contributed by atoms with van der Waals surface area (Å²) in [4.78, 5) is 0. The first kappa shape index (κ1) is 11.9. The molecule has 0 saturated carbocycles. The van der Waals surface area contributed by atoms with Crippen LogP contribution in [0.25, 0.3) is 0 Å². The lowest BCUT2D eigenvalue weighted by atomic mass is 9.93. The van der Waals surface area contributed by atoms with Crippen LogP contribution in [0.4, 0.5) is 0 Å². The Morgan fingerprint density at radius 2 is 2.00 bits per heavy atom. The number of methoxy groups -OCH3 is 1.